The highest BCUT2D eigenvalue weighted by Gasteiger charge is 2.11. The van der Waals surface area contributed by atoms with Crippen LogP contribution < -0.4 is 5.63 Å². The van der Waals surface area contributed by atoms with Crippen molar-refractivity contribution >= 4 is 28.7 Å². The first kappa shape index (κ1) is 17.3. The van der Waals surface area contributed by atoms with Crippen molar-refractivity contribution in [2.45, 2.75) is 24.8 Å². The Bertz CT molecular complexity index is 958. The zero-order valence-corrected chi connectivity index (χ0v) is 14.9. The summed E-state index contributed by atoms with van der Waals surface area (Å²) in [5.41, 5.74) is 2.28. The van der Waals surface area contributed by atoms with E-state index in [4.69, 9.17) is 9.15 Å². The summed E-state index contributed by atoms with van der Waals surface area (Å²) >= 11 is 1.61. The second-order valence-electron chi connectivity index (χ2n) is 5.58. The Morgan fingerprint density at radius 2 is 1.88 bits per heavy atom. The molecule has 0 saturated heterocycles. The molecule has 0 aliphatic carbocycles. The zero-order valence-electron chi connectivity index (χ0n) is 14.1. The molecule has 128 valence electrons. The highest BCUT2D eigenvalue weighted by atomic mass is 32.2. The van der Waals surface area contributed by atoms with Gasteiger partial charge in [-0.3, -0.25) is 0 Å². The fourth-order valence-electron chi connectivity index (χ4n) is 2.57. The predicted molar refractivity (Wildman–Crippen MR) is 99.2 cm³/mol. The summed E-state index contributed by atoms with van der Waals surface area (Å²) in [6.45, 7) is 2.06. The molecule has 0 amide bonds. The summed E-state index contributed by atoms with van der Waals surface area (Å²) in [6, 6.07) is 14.3. The van der Waals surface area contributed by atoms with E-state index in [0.29, 0.717) is 16.7 Å². The summed E-state index contributed by atoms with van der Waals surface area (Å²) in [6.07, 6.45) is 2.83. The van der Waals surface area contributed by atoms with Gasteiger partial charge in [-0.05, 0) is 48.6 Å². The Balaban J connectivity index is 1.82. The van der Waals surface area contributed by atoms with Gasteiger partial charge in [0.2, 0.25) is 0 Å². The summed E-state index contributed by atoms with van der Waals surface area (Å²) in [4.78, 5) is 25.1. The fourth-order valence-corrected chi connectivity index (χ4v) is 2.98. The molecule has 2 aromatic carbocycles. The number of hydrogen-bond acceptors (Lipinski definition) is 5. The predicted octanol–water partition coefficient (Wildman–Crippen LogP) is 4.43. The first-order valence-electron chi connectivity index (χ1n) is 7.97. The van der Waals surface area contributed by atoms with E-state index in [1.54, 1.807) is 23.9 Å². The molecule has 0 saturated carbocycles. The van der Waals surface area contributed by atoms with Crippen LogP contribution in [0.4, 0.5) is 0 Å². The SMILES string of the molecule is CCc1ccc2c(COC(=O)c3ccc(SC)cc3)cc(=O)oc2c1. The first-order chi connectivity index (χ1) is 12.1. The van der Waals surface area contributed by atoms with Crippen LogP contribution in [0.5, 0.6) is 0 Å². The number of carbonyl (C=O) groups excluding carboxylic acids is 1. The minimum Gasteiger partial charge on any atom is -0.457 e. The number of ether oxygens (including phenoxy) is 1. The van der Waals surface area contributed by atoms with E-state index in [1.165, 1.54) is 6.07 Å². The standard InChI is InChI=1S/C20H18O4S/c1-3-13-4-9-17-15(11-19(21)24-18(17)10-13)12-23-20(22)14-5-7-16(25-2)8-6-14/h4-11H,3,12H2,1-2H3. The average Bonchev–Trinajstić information content (AvgIpc) is 2.65. The van der Waals surface area contributed by atoms with Gasteiger partial charge in [0.15, 0.2) is 0 Å². The van der Waals surface area contributed by atoms with E-state index in [-0.39, 0.29) is 6.61 Å². The van der Waals surface area contributed by atoms with Crippen LogP contribution in [0.15, 0.2) is 62.6 Å². The maximum absolute atomic E-state index is 12.2. The van der Waals surface area contributed by atoms with Gasteiger partial charge in [0.25, 0.3) is 0 Å². The molecule has 4 nitrogen and oxygen atoms in total. The monoisotopic (exact) mass is 354 g/mol. The number of rotatable bonds is 5. The molecule has 3 aromatic rings. The summed E-state index contributed by atoms with van der Waals surface area (Å²) in [5.74, 6) is -0.417. The first-order valence-corrected chi connectivity index (χ1v) is 9.20. The number of fused-ring (bicyclic) bond motifs is 1. The molecule has 0 spiro atoms. The molecule has 0 bridgehead atoms. The van der Waals surface area contributed by atoms with Crippen LogP contribution in [-0.4, -0.2) is 12.2 Å². The number of benzene rings is 2. The third-order valence-electron chi connectivity index (χ3n) is 3.99. The average molecular weight is 354 g/mol. The molecule has 1 heterocycles. The van der Waals surface area contributed by atoms with Gasteiger partial charge in [-0.1, -0.05) is 19.1 Å². The van der Waals surface area contributed by atoms with Gasteiger partial charge >= 0.3 is 11.6 Å². The van der Waals surface area contributed by atoms with Crippen LogP contribution in [0.3, 0.4) is 0 Å². The molecule has 0 aliphatic heterocycles. The van der Waals surface area contributed by atoms with Crippen LogP contribution in [0.2, 0.25) is 0 Å². The number of hydrogen-bond donors (Lipinski definition) is 0. The van der Waals surface area contributed by atoms with Crippen molar-refractivity contribution in [3.05, 3.63) is 75.6 Å². The van der Waals surface area contributed by atoms with Crippen LogP contribution in [0.1, 0.15) is 28.4 Å². The smallest absolute Gasteiger partial charge is 0.338 e. The summed E-state index contributed by atoms with van der Waals surface area (Å²) in [7, 11) is 0. The van der Waals surface area contributed by atoms with Crippen molar-refractivity contribution in [3.63, 3.8) is 0 Å². The molecule has 0 unspecified atom stereocenters. The van der Waals surface area contributed by atoms with Crippen molar-refractivity contribution in [1.82, 2.24) is 0 Å². The molecule has 5 heteroatoms. The van der Waals surface area contributed by atoms with Crippen LogP contribution in [0.25, 0.3) is 11.0 Å². The lowest BCUT2D eigenvalue weighted by Crippen LogP contribution is -2.08. The van der Waals surface area contributed by atoms with Crippen molar-refractivity contribution in [1.29, 1.82) is 0 Å². The van der Waals surface area contributed by atoms with Crippen molar-refractivity contribution < 1.29 is 13.9 Å². The molecule has 25 heavy (non-hydrogen) atoms. The zero-order chi connectivity index (χ0) is 17.8. The van der Waals surface area contributed by atoms with Gasteiger partial charge < -0.3 is 9.15 Å². The Hall–Kier alpha value is -2.53. The van der Waals surface area contributed by atoms with Crippen LogP contribution >= 0.6 is 11.8 Å². The van der Waals surface area contributed by atoms with E-state index < -0.39 is 11.6 Å². The number of esters is 1. The van der Waals surface area contributed by atoms with Crippen molar-refractivity contribution in [2.24, 2.45) is 0 Å². The Kier molecular flexibility index (Phi) is 5.24. The van der Waals surface area contributed by atoms with Gasteiger partial charge in [0.05, 0.1) is 5.56 Å². The van der Waals surface area contributed by atoms with Crippen LogP contribution in [0, 0.1) is 0 Å². The maximum atomic E-state index is 12.2. The van der Waals surface area contributed by atoms with Gasteiger partial charge in [-0.15, -0.1) is 11.8 Å². The summed E-state index contributed by atoms with van der Waals surface area (Å²) < 4.78 is 10.6. The highest BCUT2D eigenvalue weighted by molar-refractivity contribution is 7.98. The highest BCUT2D eigenvalue weighted by Crippen LogP contribution is 2.21. The largest absolute Gasteiger partial charge is 0.457 e. The minimum absolute atomic E-state index is 0.0245. The lowest BCUT2D eigenvalue weighted by atomic mass is 10.1. The van der Waals surface area contributed by atoms with Gasteiger partial charge in [-0.2, -0.15) is 0 Å². The van der Waals surface area contributed by atoms with E-state index in [1.807, 2.05) is 43.5 Å². The molecule has 0 radical (unpaired) electrons. The van der Waals surface area contributed by atoms with Gasteiger partial charge in [0, 0.05) is 21.9 Å². The van der Waals surface area contributed by atoms with Crippen molar-refractivity contribution in [2.75, 3.05) is 6.26 Å². The molecule has 0 aliphatic rings. The van der Waals surface area contributed by atoms with Gasteiger partial charge in [-0.25, -0.2) is 9.59 Å². The summed E-state index contributed by atoms with van der Waals surface area (Å²) in [5, 5.41) is 0.780. The van der Waals surface area contributed by atoms with Gasteiger partial charge in [0.1, 0.15) is 12.2 Å². The number of aryl methyl sites for hydroxylation is 1. The fraction of sp³-hybridized carbons (Fsp3) is 0.200. The van der Waals surface area contributed by atoms with Crippen LogP contribution in [-0.2, 0) is 17.8 Å². The molecular formula is C20H18O4S. The Morgan fingerprint density at radius 3 is 2.56 bits per heavy atom. The second-order valence-corrected chi connectivity index (χ2v) is 6.46. The molecule has 1 aromatic heterocycles. The third-order valence-corrected chi connectivity index (χ3v) is 4.73. The van der Waals surface area contributed by atoms with E-state index in [2.05, 4.69) is 0 Å². The Morgan fingerprint density at radius 1 is 1.12 bits per heavy atom. The molecule has 0 N–H and O–H groups in total. The molecular weight excluding hydrogens is 336 g/mol. The van der Waals surface area contributed by atoms with E-state index in [0.717, 1.165) is 22.3 Å². The topological polar surface area (TPSA) is 56.5 Å². The second kappa shape index (κ2) is 7.57. The normalized spacial score (nSPS) is 10.8. The van der Waals surface area contributed by atoms with E-state index in [9.17, 15) is 9.59 Å². The third kappa shape index (κ3) is 3.94. The molecule has 0 fully saturated rings. The number of carbonyl (C=O) groups is 1. The van der Waals surface area contributed by atoms with Crippen molar-refractivity contribution in [3.8, 4) is 0 Å². The van der Waals surface area contributed by atoms with E-state index >= 15 is 0 Å². The Labute approximate surface area is 149 Å². The molecule has 0 atom stereocenters. The minimum atomic E-state index is -0.448. The lowest BCUT2D eigenvalue weighted by Gasteiger charge is -2.08. The lowest BCUT2D eigenvalue weighted by molar-refractivity contribution is 0.0473. The quantitative estimate of drug-likeness (QED) is 0.385. The molecule has 3 rings (SSSR count). The number of thioether (sulfide) groups is 1. The maximum Gasteiger partial charge on any atom is 0.338 e.